The van der Waals surface area contributed by atoms with Crippen molar-refractivity contribution in [2.45, 2.75) is 0 Å². The zero-order chi connectivity index (χ0) is 42.8. The summed E-state index contributed by atoms with van der Waals surface area (Å²) in [6.45, 7) is 0. The molecule has 0 radical (unpaired) electrons. The Morgan fingerprint density at radius 2 is 0.831 bits per heavy atom. The molecule has 0 bridgehead atoms. The van der Waals surface area contributed by atoms with Crippen LogP contribution in [0.15, 0.2) is 224 Å². The third-order valence-electron chi connectivity index (χ3n) is 12.8. The molecule has 65 heavy (non-hydrogen) atoms. The summed E-state index contributed by atoms with van der Waals surface area (Å²) in [5.41, 5.74) is 11.4. The number of hydrogen-bond acceptors (Lipinski definition) is 4. The van der Waals surface area contributed by atoms with Gasteiger partial charge in [0.25, 0.3) is 0 Å². The van der Waals surface area contributed by atoms with Crippen molar-refractivity contribution in [1.29, 1.82) is 0 Å². The summed E-state index contributed by atoms with van der Waals surface area (Å²) in [5.74, 6) is 1.88. The van der Waals surface area contributed by atoms with Crippen molar-refractivity contribution in [2.75, 3.05) is 0 Å². The average Bonchev–Trinajstić information content (AvgIpc) is 3.73. The minimum atomic E-state index is 0.616. The van der Waals surface area contributed by atoms with Gasteiger partial charge in [-0.3, -0.25) is 0 Å². The molecule has 3 aromatic heterocycles. The second-order valence-electron chi connectivity index (χ2n) is 16.6. The van der Waals surface area contributed by atoms with Crippen LogP contribution < -0.4 is 0 Å². The molecule has 3 heterocycles. The van der Waals surface area contributed by atoms with E-state index in [1.165, 1.54) is 32.4 Å². The fourth-order valence-electron chi connectivity index (χ4n) is 9.69. The number of rotatable bonds is 6. The van der Waals surface area contributed by atoms with Crippen LogP contribution in [0.2, 0.25) is 0 Å². The third kappa shape index (κ3) is 6.16. The number of pyridine rings is 1. The largest absolute Gasteiger partial charge is 0.309 e. The maximum atomic E-state index is 5.66. The Labute approximate surface area is 374 Å². The SMILES string of the molecule is c1ccc(-c2nc3c(-c4ccc(-c5nc(-c6ccc7ccccc7c6)nc(-c6ccc7ccccc7c6)n5)cc4)cccc3c3ccc4c(c5ccccc5n4-c4ccccc4)c23)cc1. The predicted molar refractivity (Wildman–Crippen MR) is 269 cm³/mol. The van der Waals surface area contributed by atoms with E-state index in [2.05, 4.69) is 229 Å². The molecule has 10 aromatic carbocycles. The van der Waals surface area contributed by atoms with Crippen LogP contribution in [0, 0.1) is 0 Å². The highest BCUT2D eigenvalue weighted by atomic mass is 15.0. The number of aromatic nitrogens is 5. The summed E-state index contributed by atoms with van der Waals surface area (Å²) in [7, 11) is 0. The maximum Gasteiger partial charge on any atom is 0.164 e. The van der Waals surface area contributed by atoms with Crippen molar-refractivity contribution in [2.24, 2.45) is 0 Å². The van der Waals surface area contributed by atoms with Gasteiger partial charge in [-0.1, -0.05) is 188 Å². The Bertz CT molecular complexity index is 3890. The van der Waals surface area contributed by atoms with Gasteiger partial charge in [0.1, 0.15) is 0 Å². The van der Waals surface area contributed by atoms with Crippen molar-refractivity contribution >= 4 is 65.0 Å². The molecule has 0 aliphatic rings. The van der Waals surface area contributed by atoms with Crippen molar-refractivity contribution in [3.05, 3.63) is 224 Å². The van der Waals surface area contributed by atoms with E-state index in [1.54, 1.807) is 0 Å². The van der Waals surface area contributed by atoms with Crippen molar-refractivity contribution in [1.82, 2.24) is 24.5 Å². The third-order valence-corrected chi connectivity index (χ3v) is 12.8. The van der Waals surface area contributed by atoms with E-state index >= 15 is 0 Å². The quantitative estimate of drug-likeness (QED) is 0.157. The lowest BCUT2D eigenvalue weighted by Gasteiger charge is -2.15. The predicted octanol–water partition coefficient (Wildman–Crippen LogP) is 15.3. The first kappa shape index (κ1) is 36.8. The first-order chi connectivity index (χ1) is 32.2. The van der Waals surface area contributed by atoms with E-state index in [-0.39, 0.29) is 0 Å². The minimum absolute atomic E-state index is 0.616. The normalized spacial score (nSPS) is 11.7. The summed E-state index contributed by atoms with van der Waals surface area (Å²) in [4.78, 5) is 21.0. The van der Waals surface area contributed by atoms with Gasteiger partial charge >= 0.3 is 0 Å². The molecular weight excluding hydrogens is 791 g/mol. The van der Waals surface area contributed by atoms with Crippen LogP contribution in [0.4, 0.5) is 0 Å². The number of fused-ring (bicyclic) bond motifs is 9. The highest BCUT2D eigenvalue weighted by Gasteiger charge is 2.21. The summed E-state index contributed by atoms with van der Waals surface area (Å²) in [6, 6.07) is 79.3. The summed E-state index contributed by atoms with van der Waals surface area (Å²) < 4.78 is 2.38. The summed E-state index contributed by atoms with van der Waals surface area (Å²) >= 11 is 0. The number of nitrogens with zero attached hydrogens (tertiary/aromatic N) is 5. The van der Waals surface area contributed by atoms with Gasteiger partial charge in [-0.05, 0) is 68.9 Å². The Balaban J connectivity index is 0.982. The van der Waals surface area contributed by atoms with Gasteiger partial charge < -0.3 is 4.57 Å². The monoisotopic (exact) mass is 827 g/mol. The molecule has 0 fully saturated rings. The molecule has 13 aromatic rings. The van der Waals surface area contributed by atoms with Gasteiger partial charge in [-0.25, -0.2) is 19.9 Å². The van der Waals surface area contributed by atoms with Crippen molar-refractivity contribution in [3.8, 4) is 62.2 Å². The number of benzene rings is 10. The molecule has 0 atom stereocenters. The Hall–Kier alpha value is -8.80. The van der Waals surface area contributed by atoms with Gasteiger partial charge in [0.15, 0.2) is 17.5 Å². The first-order valence-corrected chi connectivity index (χ1v) is 22.0. The second-order valence-corrected chi connectivity index (χ2v) is 16.6. The molecule has 13 rings (SSSR count). The molecule has 0 saturated heterocycles. The van der Waals surface area contributed by atoms with Gasteiger partial charge in [0.2, 0.25) is 0 Å². The van der Waals surface area contributed by atoms with Crippen LogP contribution in [-0.4, -0.2) is 24.5 Å². The second kappa shape index (κ2) is 14.9. The lowest BCUT2D eigenvalue weighted by Crippen LogP contribution is -2.00. The van der Waals surface area contributed by atoms with Crippen LogP contribution >= 0.6 is 0 Å². The fourth-order valence-corrected chi connectivity index (χ4v) is 9.69. The highest BCUT2D eigenvalue weighted by molar-refractivity contribution is 6.29. The smallest absolute Gasteiger partial charge is 0.164 e. The molecule has 0 spiro atoms. The van der Waals surface area contributed by atoms with Crippen LogP contribution in [0.5, 0.6) is 0 Å². The van der Waals surface area contributed by atoms with Gasteiger partial charge in [-0.15, -0.1) is 0 Å². The highest BCUT2D eigenvalue weighted by Crippen LogP contribution is 2.44. The van der Waals surface area contributed by atoms with E-state index in [9.17, 15) is 0 Å². The van der Waals surface area contributed by atoms with E-state index in [4.69, 9.17) is 19.9 Å². The van der Waals surface area contributed by atoms with Gasteiger partial charge in [-0.2, -0.15) is 0 Å². The average molecular weight is 828 g/mol. The van der Waals surface area contributed by atoms with E-state index in [1.807, 2.05) is 0 Å². The molecule has 0 amide bonds. The zero-order valence-electron chi connectivity index (χ0n) is 35.1. The topological polar surface area (TPSA) is 56.5 Å². The van der Waals surface area contributed by atoms with Crippen LogP contribution in [-0.2, 0) is 0 Å². The summed E-state index contributed by atoms with van der Waals surface area (Å²) in [6.07, 6.45) is 0. The molecule has 0 aliphatic carbocycles. The number of hydrogen-bond donors (Lipinski definition) is 0. The van der Waals surface area contributed by atoms with Crippen molar-refractivity contribution in [3.63, 3.8) is 0 Å². The molecule has 0 N–H and O–H groups in total. The molecule has 5 nitrogen and oxygen atoms in total. The summed E-state index contributed by atoms with van der Waals surface area (Å²) in [5, 5.41) is 10.5. The lowest BCUT2D eigenvalue weighted by atomic mass is 9.93. The van der Waals surface area contributed by atoms with Gasteiger partial charge in [0, 0.05) is 55.0 Å². The first-order valence-electron chi connectivity index (χ1n) is 22.0. The van der Waals surface area contributed by atoms with Crippen LogP contribution in [0.3, 0.4) is 0 Å². The molecular formula is C60H37N5. The lowest BCUT2D eigenvalue weighted by molar-refractivity contribution is 1.08. The van der Waals surface area contributed by atoms with E-state index in [0.29, 0.717) is 17.5 Å². The Morgan fingerprint density at radius 3 is 1.51 bits per heavy atom. The Morgan fingerprint density at radius 1 is 0.292 bits per heavy atom. The zero-order valence-corrected chi connectivity index (χ0v) is 35.1. The molecule has 0 unspecified atom stereocenters. The van der Waals surface area contributed by atoms with Crippen LogP contribution in [0.1, 0.15) is 0 Å². The number of para-hydroxylation sites is 3. The molecule has 0 saturated carbocycles. The fraction of sp³-hybridized carbons (Fsp3) is 0. The van der Waals surface area contributed by atoms with Gasteiger partial charge in [0.05, 0.1) is 22.2 Å². The minimum Gasteiger partial charge on any atom is -0.309 e. The molecule has 5 heteroatoms. The standard InChI is InChI=1S/C60H37N5/c1-3-16-41(17-4-1)56-55-49(34-35-53-54(55)51-22-11-12-25-52(51)65(53)47-20-5-2-6-21-47)50-24-13-23-48(57(50)61-56)40-28-30-42(31-29-40)58-62-59(45-32-26-38-14-7-9-18-43(38)36-45)64-60(63-58)46-33-27-39-15-8-10-19-44(39)37-46/h1-37H. The van der Waals surface area contributed by atoms with E-state index < -0.39 is 0 Å². The van der Waals surface area contributed by atoms with Crippen LogP contribution in [0.25, 0.3) is 127 Å². The molecule has 302 valence electrons. The maximum absolute atomic E-state index is 5.66. The van der Waals surface area contributed by atoms with E-state index in [0.717, 1.165) is 77.3 Å². The Kier molecular flexibility index (Phi) is 8.46. The molecule has 0 aliphatic heterocycles. The van der Waals surface area contributed by atoms with Crippen molar-refractivity contribution < 1.29 is 0 Å².